The van der Waals surface area contributed by atoms with Gasteiger partial charge in [0, 0.05) is 24.7 Å². The summed E-state index contributed by atoms with van der Waals surface area (Å²) in [6.45, 7) is 3.65. The maximum atomic E-state index is 12.9. The number of imide groups is 1. The van der Waals surface area contributed by atoms with Crippen LogP contribution in [0.1, 0.15) is 36.5 Å². The number of likely N-dealkylation sites (tertiary alicyclic amines) is 1. The SMILES string of the molecule is CCOc1ccc(N2C(=O)C[C@H](NC3CCN(C(=O)c4ccc(OC)cc4)CC3)C2=O)cc1. The Morgan fingerprint density at radius 3 is 2.24 bits per heavy atom. The summed E-state index contributed by atoms with van der Waals surface area (Å²) in [6, 6.07) is 13.6. The number of piperidine rings is 1. The molecule has 174 valence electrons. The third kappa shape index (κ3) is 5.01. The molecule has 2 aliphatic heterocycles. The van der Waals surface area contributed by atoms with E-state index in [4.69, 9.17) is 9.47 Å². The predicted molar refractivity (Wildman–Crippen MR) is 124 cm³/mol. The van der Waals surface area contributed by atoms with Crippen molar-refractivity contribution in [2.45, 2.75) is 38.3 Å². The molecule has 0 radical (unpaired) electrons. The van der Waals surface area contributed by atoms with Crippen molar-refractivity contribution in [3.63, 3.8) is 0 Å². The lowest BCUT2D eigenvalue weighted by Crippen LogP contribution is -2.49. The number of amides is 3. The predicted octanol–water partition coefficient (Wildman–Crippen LogP) is 2.62. The largest absolute Gasteiger partial charge is 0.497 e. The maximum absolute atomic E-state index is 12.9. The lowest BCUT2D eigenvalue weighted by molar-refractivity contribution is -0.121. The zero-order valence-corrected chi connectivity index (χ0v) is 19.0. The molecule has 1 N–H and O–H groups in total. The van der Waals surface area contributed by atoms with Gasteiger partial charge >= 0.3 is 0 Å². The third-order valence-electron chi connectivity index (χ3n) is 6.11. The van der Waals surface area contributed by atoms with Gasteiger partial charge in [-0.3, -0.25) is 14.4 Å². The van der Waals surface area contributed by atoms with Crippen LogP contribution in [0.5, 0.6) is 11.5 Å². The molecule has 33 heavy (non-hydrogen) atoms. The topological polar surface area (TPSA) is 88.2 Å². The summed E-state index contributed by atoms with van der Waals surface area (Å²) in [5.41, 5.74) is 1.18. The molecule has 4 rings (SSSR count). The van der Waals surface area contributed by atoms with E-state index in [-0.39, 0.29) is 30.2 Å². The van der Waals surface area contributed by atoms with Gasteiger partial charge in [0.25, 0.3) is 11.8 Å². The van der Waals surface area contributed by atoms with Crippen LogP contribution in [-0.4, -0.2) is 61.5 Å². The first-order chi connectivity index (χ1) is 16.0. The number of nitrogens with one attached hydrogen (secondary N) is 1. The zero-order chi connectivity index (χ0) is 23.4. The highest BCUT2D eigenvalue weighted by molar-refractivity contribution is 6.22. The Morgan fingerprint density at radius 1 is 1.00 bits per heavy atom. The number of carbonyl (C=O) groups is 3. The standard InChI is InChI=1S/C25H29N3O5/c1-3-33-21-10-6-19(7-11-21)28-23(29)16-22(25(28)31)26-18-12-14-27(15-13-18)24(30)17-4-8-20(32-2)9-5-17/h4-11,18,22,26H,3,12-16H2,1-2H3/t22-/m0/s1. The van der Waals surface area contributed by atoms with Gasteiger partial charge in [-0.1, -0.05) is 0 Å². The van der Waals surface area contributed by atoms with Crippen LogP contribution in [0, 0.1) is 0 Å². The molecule has 8 heteroatoms. The van der Waals surface area contributed by atoms with Crippen LogP contribution in [0.4, 0.5) is 5.69 Å². The number of benzene rings is 2. The Hall–Kier alpha value is -3.39. The minimum atomic E-state index is -0.544. The van der Waals surface area contributed by atoms with E-state index < -0.39 is 6.04 Å². The average Bonchev–Trinajstić information content (AvgIpc) is 3.12. The minimum absolute atomic E-state index is 0.00935. The van der Waals surface area contributed by atoms with Crippen molar-refractivity contribution in [3.05, 3.63) is 54.1 Å². The molecule has 2 saturated heterocycles. The van der Waals surface area contributed by atoms with Crippen molar-refractivity contribution < 1.29 is 23.9 Å². The highest BCUT2D eigenvalue weighted by Gasteiger charge is 2.40. The molecule has 2 aromatic carbocycles. The van der Waals surface area contributed by atoms with Crippen molar-refractivity contribution >= 4 is 23.4 Å². The Labute approximate surface area is 193 Å². The molecule has 2 aliphatic rings. The summed E-state index contributed by atoms with van der Waals surface area (Å²) in [5, 5.41) is 3.35. The molecule has 2 heterocycles. The first kappa shape index (κ1) is 22.8. The van der Waals surface area contributed by atoms with Crippen LogP contribution in [-0.2, 0) is 9.59 Å². The van der Waals surface area contributed by atoms with Crippen molar-refractivity contribution in [2.24, 2.45) is 0 Å². The molecular weight excluding hydrogens is 422 g/mol. The summed E-state index contributed by atoms with van der Waals surface area (Å²) in [6.07, 6.45) is 1.59. The van der Waals surface area contributed by atoms with Crippen molar-refractivity contribution in [2.75, 3.05) is 31.7 Å². The Bertz CT molecular complexity index is 998. The van der Waals surface area contributed by atoms with Crippen LogP contribution < -0.4 is 19.7 Å². The number of methoxy groups -OCH3 is 1. The van der Waals surface area contributed by atoms with E-state index in [1.807, 2.05) is 11.8 Å². The lowest BCUT2D eigenvalue weighted by atomic mass is 10.0. The van der Waals surface area contributed by atoms with E-state index in [0.29, 0.717) is 42.4 Å². The second-order valence-corrected chi connectivity index (χ2v) is 8.21. The average molecular weight is 452 g/mol. The molecule has 2 fully saturated rings. The molecule has 8 nitrogen and oxygen atoms in total. The molecular formula is C25H29N3O5. The van der Waals surface area contributed by atoms with Gasteiger partial charge in [0.2, 0.25) is 5.91 Å². The number of nitrogens with zero attached hydrogens (tertiary/aromatic N) is 2. The summed E-state index contributed by atoms with van der Waals surface area (Å²) >= 11 is 0. The van der Waals surface area contributed by atoms with Gasteiger partial charge in [0.15, 0.2) is 0 Å². The minimum Gasteiger partial charge on any atom is -0.497 e. The fraction of sp³-hybridized carbons (Fsp3) is 0.400. The van der Waals surface area contributed by atoms with Crippen molar-refractivity contribution in [1.82, 2.24) is 10.2 Å². The third-order valence-corrected chi connectivity index (χ3v) is 6.11. The van der Waals surface area contributed by atoms with Gasteiger partial charge in [0.1, 0.15) is 11.5 Å². The molecule has 0 unspecified atom stereocenters. The van der Waals surface area contributed by atoms with Crippen LogP contribution in [0.2, 0.25) is 0 Å². The lowest BCUT2D eigenvalue weighted by Gasteiger charge is -2.33. The fourth-order valence-corrected chi connectivity index (χ4v) is 4.34. The van der Waals surface area contributed by atoms with Gasteiger partial charge in [-0.15, -0.1) is 0 Å². The van der Waals surface area contributed by atoms with Crippen LogP contribution in [0.15, 0.2) is 48.5 Å². The van der Waals surface area contributed by atoms with E-state index in [2.05, 4.69) is 5.32 Å². The quantitative estimate of drug-likeness (QED) is 0.651. The van der Waals surface area contributed by atoms with E-state index in [9.17, 15) is 14.4 Å². The molecule has 0 spiro atoms. The van der Waals surface area contributed by atoms with E-state index in [1.54, 1.807) is 55.6 Å². The highest BCUT2D eigenvalue weighted by atomic mass is 16.5. The monoisotopic (exact) mass is 451 g/mol. The van der Waals surface area contributed by atoms with Crippen molar-refractivity contribution in [1.29, 1.82) is 0 Å². The van der Waals surface area contributed by atoms with Gasteiger partial charge in [0.05, 0.1) is 31.9 Å². The molecule has 0 aromatic heterocycles. The number of ether oxygens (including phenoxy) is 2. The Kier molecular flexibility index (Phi) is 6.93. The Balaban J connectivity index is 1.31. The van der Waals surface area contributed by atoms with E-state index >= 15 is 0 Å². The second kappa shape index (κ2) is 10.0. The Morgan fingerprint density at radius 2 is 1.64 bits per heavy atom. The highest BCUT2D eigenvalue weighted by Crippen LogP contribution is 2.26. The van der Waals surface area contributed by atoms with Gasteiger partial charge in [-0.05, 0) is 68.3 Å². The molecule has 2 aromatic rings. The van der Waals surface area contributed by atoms with Crippen LogP contribution in [0.3, 0.4) is 0 Å². The second-order valence-electron chi connectivity index (χ2n) is 8.21. The smallest absolute Gasteiger partial charge is 0.253 e. The van der Waals surface area contributed by atoms with E-state index in [1.165, 1.54) is 4.90 Å². The van der Waals surface area contributed by atoms with E-state index in [0.717, 1.165) is 12.8 Å². The maximum Gasteiger partial charge on any atom is 0.253 e. The number of hydrogen-bond acceptors (Lipinski definition) is 6. The van der Waals surface area contributed by atoms with Gasteiger partial charge < -0.3 is 19.7 Å². The first-order valence-corrected chi connectivity index (χ1v) is 11.3. The molecule has 0 saturated carbocycles. The van der Waals surface area contributed by atoms with Gasteiger partial charge in [-0.25, -0.2) is 4.90 Å². The van der Waals surface area contributed by atoms with Gasteiger partial charge in [-0.2, -0.15) is 0 Å². The van der Waals surface area contributed by atoms with Crippen LogP contribution in [0.25, 0.3) is 0 Å². The first-order valence-electron chi connectivity index (χ1n) is 11.3. The summed E-state index contributed by atoms with van der Waals surface area (Å²) in [7, 11) is 1.59. The number of rotatable bonds is 7. The summed E-state index contributed by atoms with van der Waals surface area (Å²) in [4.78, 5) is 41.3. The number of hydrogen-bond donors (Lipinski definition) is 1. The summed E-state index contributed by atoms with van der Waals surface area (Å²) < 4.78 is 10.6. The molecule has 1 atom stereocenters. The van der Waals surface area contributed by atoms with Crippen LogP contribution >= 0.6 is 0 Å². The number of carbonyl (C=O) groups excluding carboxylic acids is 3. The van der Waals surface area contributed by atoms with Crippen molar-refractivity contribution in [3.8, 4) is 11.5 Å². The zero-order valence-electron chi connectivity index (χ0n) is 19.0. The number of anilines is 1. The molecule has 0 bridgehead atoms. The fourth-order valence-electron chi connectivity index (χ4n) is 4.34. The molecule has 3 amide bonds. The summed E-state index contributed by atoms with van der Waals surface area (Å²) in [5.74, 6) is 0.954. The molecule has 0 aliphatic carbocycles. The normalized spacial score (nSPS) is 19.2.